The SMILES string of the molecule is Cc1c(F)c(F)cc(C(O)c2nccn2C)c1F. The lowest BCUT2D eigenvalue weighted by atomic mass is 10.0. The molecule has 0 amide bonds. The number of rotatable bonds is 2. The Morgan fingerprint density at radius 1 is 1.28 bits per heavy atom. The topological polar surface area (TPSA) is 38.1 Å². The minimum absolute atomic E-state index is 0.152. The van der Waals surface area contributed by atoms with E-state index >= 15 is 0 Å². The molecule has 0 saturated carbocycles. The Hall–Kier alpha value is -1.82. The fraction of sp³-hybridized carbons (Fsp3) is 0.250. The van der Waals surface area contributed by atoms with Gasteiger partial charge in [-0.25, -0.2) is 18.2 Å². The normalized spacial score (nSPS) is 12.8. The van der Waals surface area contributed by atoms with Crippen molar-refractivity contribution < 1.29 is 18.3 Å². The van der Waals surface area contributed by atoms with Gasteiger partial charge in [0.1, 0.15) is 17.7 Å². The average Bonchev–Trinajstić information content (AvgIpc) is 2.76. The van der Waals surface area contributed by atoms with E-state index in [9.17, 15) is 18.3 Å². The Balaban J connectivity index is 2.56. The van der Waals surface area contributed by atoms with Gasteiger partial charge in [0, 0.05) is 30.6 Å². The molecule has 0 bridgehead atoms. The lowest BCUT2D eigenvalue weighted by Crippen LogP contribution is -2.11. The summed E-state index contributed by atoms with van der Waals surface area (Å²) in [5.74, 6) is -3.26. The van der Waals surface area contributed by atoms with Crippen molar-refractivity contribution in [2.24, 2.45) is 7.05 Å². The second kappa shape index (κ2) is 4.45. The Morgan fingerprint density at radius 3 is 2.50 bits per heavy atom. The molecule has 1 N–H and O–H groups in total. The summed E-state index contributed by atoms with van der Waals surface area (Å²) in [4.78, 5) is 3.85. The molecule has 0 saturated heterocycles. The summed E-state index contributed by atoms with van der Waals surface area (Å²) in [5.41, 5.74) is -0.793. The Bertz CT molecular complexity index is 595. The zero-order chi connectivity index (χ0) is 13.4. The van der Waals surface area contributed by atoms with E-state index in [2.05, 4.69) is 4.98 Å². The average molecular weight is 256 g/mol. The maximum absolute atomic E-state index is 13.8. The highest BCUT2D eigenvalue weighted by molar-refractivity contribution is 5.32. The van der Waals surface area contributed by atoms with Gasteiger partial charge in [-0.3, -0.25) is 0 Å². The number of imidazole rings is 1. The fourth-order valence-electron chi connectivity index (χ4n) is 1.73. The van der Waals surface area contributed by atoms with E-state index in [1.807, 2.05) is 0 Å². The van der Waals surface area contributed by atoms with Gasteiger partial charge in [-0.1, -0.05) is 0 Å². The van der Waals surface area contributed by atoms with Crippen molar-refractivity contribution in [3.63, 3.8) is 0 Å². The van der Waals surface area contributed by atoms with E-state index in [0.29, 0.717) is 6.07 Å². The highest BCUT2D eigenvalue weighted by atomic mass is 19.2. The summed E-state index contributed by atoms with van der Waals surface area (Å²) < 4.78 is 41.7. The third-order valence-electron chi connectivity index (χ3n) is 2.80. The fourth-order valence-corrected chi connectivity index (χ4v) is 1.73. The number of halogens is 3. The smallest absolute Gasteiger partial charge is 0.164 e. The van der Waals surface area contributed by atoms with E-state index in [1.165, 1.54) is 10.8 Å². The van der Waals surface area contributed by atoms with Crippen LogP contribution in [0.5, 0.6) is 0 Å². The van der Waals surface area contributed by atoms with Gasteiger partial charge in [0.2, 0.25) is 0 Å². The molecule has 1 heterocycles. The van der Waals surface area contributed by atoms with Gasteiger partial charge in [-0.05, 0) is 13.0 Å². The van der Waals surface area contributed by atoms with Crippen LogP contribution in [0.15, 0.2) is 18.5 Å². The largest absolute Gasteiger partial charge is 0.380 e. The van der Waals surface area contributed by atoms with Crippen molar-refractivity contribution >= 4 is 0 Å². The van der Waals surface area contributed by atoms with Gasteiger partial charge in [0.25, 0.3) is 0 Å². The van der Waals surface area contributed by atoms with Crippen LogP contribution in [0.25, 0.3) is 0 Å². The van der Waals surface area contributed by atoms with Crippen LogP contribution >= 0.6 is 0 Å². The zero-order valence-electron chi connectivity index (χ0n) is 9.78. The van der Waals surface area contributed by atoms with Gasteiger partial charge in [-0.2, -0.15) is 0 Å². The van der Waals surface area contributed by atoms with Gasteiger partial charge in [0.15, 0.2) is 11.6 Å². The minimum Gasteiger partial charge on any atom is -0.380 e. The van der Waals surface area contributed by atoms with Gasteiger partial charge < -0.3 is 9.67 Å². The third kappa shape index (κ3) is 1.88. The molecule has 1 unspecified atom stereocenters. The number of aromatic nitrogens is 2. The standard InChI is InChI=1S/C12H11F3N2O/c1-6-9(14)7(5-8(13)10(6)15)11(18)12-16-3-4-17(12)2/h3-5,11,18H,1-2H3. The summed E-state index contributed by atoms with van der Waals surface area (Å²) in [6, 6.07) is 0.650. The van der Waals surface area contributed by atoms with Crippen LogP contribution in [0, 0.1) is 24.4 Å². The first-order chi connectivity index (χ1) is 8.43. The molecule has 1 atom stereocenters. The number of benzene rings is 1. The molecule has 2 aromatic rings. The van der Waals surface area contributed by atoms with Gasteiger partial charge in [-0.15, -0.1) is 0 Å². The quantitative estimate of drug-likeness (QED) is 0.837. The minimum atomic E-state index is -1.45. The summed E-state index contributed by atoms with van der Waals surface area (Å²) in [7, 11) is 1.61. The molecule has 3 nitrogen and oxygen atoms in total. The lowest BCUT2D eigenvalue weighted by molar-refractivity contribution is 0.200. The van der Waals surface area contributed by atoms with Gasteiger partial charge >= 0.3 is 0 Å². The molecular weight excluding hydrogens is 245 g/mol. The molecule has 0 fully saturated rings. The second-order valence-corrected chi connectivity index (χ2v) is 4.00. The molecule has 1 aromatic heterocycles. The molecule has 2 rings (SSSR count). The number of aliphatic hydroxyl groups excluding tert-OH is 1. The molecular formula is C12H11F3N2O. The van der Waals surface area contributed by atoms with Crippen molar-refractivity contribution in [1.29, 1.82) is 0 Å². The van der Waals surface area contributed by atoms with E-state index in [0.717, 1.165) is 6.92 Å². The van der Waals surface area contributed by atoms with Crippen LogP contribution in [0.4, 0.5) is 13.2 Å². The number of nitrogens with zero attached hydrogens (tertiary/aromatic N) is 2. The Morgan fingerprint density at radius 2 is 1.94 bits per heavy atom. The predicted molar refractivity (Wildman–Crippen MR) is 58.3 cm³/mol. The summed E-state index contributed by atoms with van der Waals surface area (Å²) in [6.07, 6.45) is 1.53. The predicted octanol–water partition coefficient (Wildman–Crippen LogP) is 2.23. The molecule has 0 spiro atoms. The zero-order valence-corrected chi connectivity index (χ0v) is 9.78. The second-order valence-electron chi connectivity index (χ2n) is 4.00. The molecule has 0 aliphatic heterocycles. The number of hydrogen-bond acceptors (Lipinski definition) is 2. The first-order valence-corrected chi connectivity index (χ1v) is 5.22. The van der Waals surface area contributed by atoms with Crippen LogP contribution in [0.3, 0.4) is 0 Å². The van der Waals surface area contributed by atoms with E-state index < -0.39 is 29.1 Å². The van der Waals surface area contributed by atoms with Crippen LogP contribution in [-0.2, 0) is 7.05 Å². The molecule has 0 aliphatic rings. The van der Waals surface area contributed by atoms with Crippen molar-refractivity contribution in [1.82, 2.24) is 9.55 Å². The summed E-state index contributed by atoms with van der Waals surface area (Å²) in [5, 5.41) is 9.97. The van der Waals surface area contributed by atoms with Crippen LogP contribution in [0.2, 0.25) is 0 Å². The molecule has 0 radical (unpaired) electrons. The highest BCUT2D eigenvalue weighted by Crippen LogP contribution is 2.27. The first-order valence-electron chi connectivity index (χ1n) is 5.22. The Labute approximate surface area is 102 Å². The third-order valence-corrected chi connectivity index (χ3v) is 2.80. The van der Waals surface area contributed by atoms with Crippen molar-refractivity contribution in [2.45, 2.75) is 13.0 Å². The monoisotopic (exact) mass is 256 g/mol. The van der Waals surface area contributed by atoms with Crippen LogP contribution in [-0.4, -0.2) is 14.7 Å². The highest BCUT2D eigenvalue weighted by Gasteiger charge is 2.23. The number of aliphatic hydroxyl groups is 1. The van der Waals surface area contributed by atoms with Crippen molar-refractivity contribution in [2.75, 3.05) is 0 Å². The van der Waals surface area contributed by atoms with E-state index in [1.54, 1.807) is 13.2 Å². The number of aryl methyl sites for hydroxylation is 1. The Kier molecular flexibility index (Phi) is 3.13. The maximum Gasteiger partial charge on any atom is 0.164 e. The summed E-state index contributed by atoms with van der Waals surface area (Å²) in [6.45, 7) is 1.11. The molecule has 18 heavy (non-hydrogen) atoms. The van der Waals surface area contributed by atoms with Crippen molar-refractivity contribution in [3.05, 3.63) is 52.9 Å². The molecule has 0 aliphatic carbocycles. The summed E-state index contributed by atoms with van der Waals surface area (Å²) >= 11 is 0. The van der Waals surface area contributed by atoms with E-state index in [-0.39, 0.29) is 11.4 Å². The molecule has 6 heteroatoms. The van der Waals surface area contributed by atoms with E-state index in [4.69, 9.17) is 0 Å². The first kappa shape index (κ1) is 12.6. The lowest BCUT2D eigenvalue weighted by Gasteiger charge is -2.14. The molecule has 96 valence electrons. The molecule has 1 aromatic carbocycles. The van der Waals surface area contributed by atoms with Crippen LogP contribution < -0.4 is 0 Å². The number of hydrogen-bond donors (Lipinski definition) is 1. The van der Waals surface area contributed by atoms with Crippen LogP contribution in [0.1, 0.15) is 23.1 Å². The van der Waals surface area contributed by atoms with Gasteiger partial charge in [0.05, 0.1) is 0 Å². The maximum atomic E-state index is 13.8. The van der Waals surface area contributed by atoms with Crippen molar-refractivity contribution in [3.8, 4) is 0 Å².